The van der Waals surface area contributed by atoms with Gasteiger partial charge < -0.3 is 14.8 Å². The van der Waals surface area contributed by atoms with Crippen molar-refractivity contribution in [3.63, 3.8) is 0 Å². The topological polar surface area (TPSA) is 64.6 Å². The average Bonchev–Trinajstić information content (AvgIpc) is 3.28. The van der Waals surface area contributed by atoms with E-state index in [2.05, 4.69) is 33.0 Å². The highest BCUT2D eigenvalue weighted by Gasteiger charge is 2.71. The molecule has 5 nitrogen and oxygen atoms in total. The van der Waals surface area contributed by atoms with E-state index < -0.39 is 11.2 Å². The van der Waals surface area contributed by atoms with Crippen LogP contribution in [0.1, 0.15) is 65.9 Å². The monoisotopic (exact) mass is 439 g/mol. The van der Waals surface area contributed by atoms with E-state index in [1.165, 1.54) is 6.08 Å². The van der Waals surface area contributed by atoms with Gasteiger partial charge in [0.25, 0.3) is 0 Å². The number of amides is 1. The van der Waals surface area contributed by atoms with Crippen molar-refractivity contribution in [1.29, 1.82) is 0 Å². The summed E-state index contributed by atoms with van der Waals surface area (Å²) in [5, 5.41) is 3.25. The van der Waals surface area contributed by atoms with Crippen molar-refractivity contribution in [2.24, 2.45) is 23.7 Å². The zero-order valence-corrected chi connectivity index (χ0v) is 20.0. The fourth-order valence-electron chi connectivity index (χ4n) is 6.52. The van der Waals surface area contributed by atoms with Gasteiger partial charge in [-0.05, 0) is 49.2 Å². The third kappa shape index (κ3) is 3.79. The molecule has 0 spiro atoms. The van der Waals surface area contributed by atoms with Crippen molar-refractivity contribution in [1.82, 2.24) is 5.32 Å². The Morgan fingerprint density at radius 1 is 1.25 bits per heavy atom. The first kappa shape index (κ1) is 23.0. The maximum Gasteiger partial charge on any atom is 0.331 e. The van der Waals surface area contributed by atoms with Crippen LogP contribution in [0.5, 0.6) is 0 Å². The molecule has 2 heterocycles. The van der Waals surface area contributed by atoms with Gasteiger partial charge in [-0.25, -0.2) is 4.79 Å². The van der Waals surface area contributed by atoms with E-state index in [4.69, 9.17) is 9.47 Å². The second kappa shape index (κ2) is 8.66. The molecule has 3 fully saturated rings. The molecular formula is C27H37NO4. The fourth-order valence-corrected chi connectivity index (χ4v) is 6.52. The lowest BCUT2D eigenvalue weighted by atomic mass is 9.69. The van der Waals surface area contributed by atoms with Crippen molar-refractivity contribution in [3.05, 3.63) is 42.0 Å². The molecule has 3 aliphatic rings. The zero-order chi connectivity index (χ0) is 23.1. The van der Waals surface area contributed by atoms with Crippen molar-refractivity contribution in [2.45, 2.75) is 83.6 Å². The van der Waals surface area contributed by atoms with E-state index in [9.17, 15) is 9.59 Å². The molecule has 2 aliphatic heterocycles. The first-order chi connectivity index (χ1) is 15.2. The van der Waals surface area contributed by atoms with E-state index >= 15 is 0 Å². The van der Waals surface area contributed by atoms with E-state index in [1.807, 2.05) is 37.3 Å². The minimum absolute atomic E-state index is 0.0493. The Hall–Kier alpha value is -2.14. The number of benzene rings is 1. The van der Waals surface area contributed by atoms with Crippen LogP contribution in [0, 0.1) is 23.7 Å². The highest BCUT2D eigenvalue weighted by atomic mass is 16.6. The number of rotatable bonds is 6. The summed E-state index contributed by atoms with van der Waals surface area (Å²) in [4.78, 5) is 25.3. The summed E-state index contributed by atoms with van der Waals surface area (Å²) in [6.45, 7) is 10.6. The smallest absolute Gasteiger partial charge is 0.331 e. The van der Waals surface area contributed by atoms with Crippen LogP contribution in [0.15, 0.2) is 36.4 Å². The van der Waals surface area contributed by atoms with E-state index in [-0.39, 0.29) is 41.8 Å². The molecule has 1 aromatic carbocycles. The molecule has 1 N–H and O–H groups in total. The zero-order valence-electron chi connectivity index (χ0n) is 20.0. The number of ether oxygens (including phenoxy) is 2. The lowest BCUT2D eigenvalue weighted by molar-refractivity contribution is -0.259. The number of carbonyl (C=O) groups excluding carboxylic acids is 2. The standard InChI is InChI=1S/C27H37NO4/c1-6-22(29)28-21-16-27(17(2)3)25(24-18(4)12-14-20(24)26(21,5)32-27)31-23(30)15-13-19-10-8-7-9-11-19/h7-11,13,15,17-18,20-21,24-25H,6,12,14,16H2,1-5H3,(H,28,29)/b15-13+/t18-,20-,21-,24-,25+,26+,27-/m1/s1. The Morgan fingerprint density at radius 2 is 1.97 bits per heavy atom. The molecule has 5 heteroatoms. The van der Waals surface area contributed by atoms with Gasteiger partial charge in [0.1, 0.15) is 11.7 Å². The van der Waals surface area contributed by atoms with Crippen LogP contribution in [-0.4, -0.2) is 35.2 Å². The molecule has 4 rings (SSSR count). The maximum atomic E-state index is 13.0. The van der Waals surface area contributed by atoms with Crippen molar-refractivity contribution in [3.8, 4) is 0 Å². The van der Waals surface area contributed by atoms with Gasteiger partial charge >= 0.3 is 5.97 Å². The first-order valence-electron chi connectivity index (χ1n) is 12.1. The Bertz CT molecular complexity index is 881. The van der Waals surface area contributed by atoms with Crippen molar-refractivity contribution < 1.29 is 19.1 Å². The van der Waals surface area contributed by atoms with Gasteiger partial charge in [-0.1, -0.05) is 58.0 Å². The molecule has 2 saturated heterocycles. The molecule has 1 aromatic rings. The van der Waals surface area contributed by atoms with E-state index in [1.54, 1.807) is 6.08 Å². The number of carbonyl (C=O) groups is 2. The largest absolute Gasteiger partial charge is 0.456 e. The Kier molecular flexibility index (Phi) is 6.23. The molecule has 0 unspecified atom stereocenters. The summed E-state index contributed by atoms with van der Waals surface area (Å²) in [6.07, 6.45) is 6.24. The van der Waals surface area contributed by atoms with Gasteiger partial charge in [0.05, 0.1) is 11.6 Å². The van der Waals surface area contributed by atoms with Gasteiger partial charge in [-0.2, -0.15) is 0 Å². The Balaban J connectivity index is 1.65. The summed E-state index contributed by atoms with van der Waals surface area (Å²) in [5.41, 5.74) is -0.0742. The lowest BCUT2D eigenvalue weighted by Crippen LogP contribution is -2.63. The summed E-state index contributed by atoms with van der Waals surface area (Å²) >= 11 is 0. The van der Waals surface area contributed by atoms with Gasteiger partial charge in [0.2, 0.25) is 5.91 Å². The predicted molar refractivity (Wildman–Crippen MR) is 125 cm³/mol. The summed E-state index contributed by atoms with van der Waals surface area (Å²) in [6, 6.07) is 9.70. The SMILES string of the molecule is CCC(=O)N[C@@H]1C[C@]2(C(C)C)O[C@@]1(C)[C@@H]1CC[C@@H](C)[C@H]1[C@@H]2OC(=O)/C=C/c1ccccc1. The molecule has 0 radical (unpaired) electrons. The normalized spacial score (nSPS) is 38.1. The number of hydrogen-bond donors (Lipinski definition) is 1. The third-order valence-electron chi connectivity index (χ3n) is 8.34. The Morgan fingerprint density at radius 3 is 2.62 bits per heavy atom. The van der Waals surface area contributed by atoms with Crippen LogP contribution in [0.4, 0.5) is 0 Å². The molecule has 174 valence electrons. The van der Waals surface area contributed by atoms with Crippen LogP contribution in [-0.2, 0) is 19.1 Å². The lowest BCUT2D eigenvalue weighted by Gasteiger charge is -2.53. The van der Waals surface area contributed by atoms with Crippen LogP contribution in [0.3, 0.4) is 0 Å². The van der Waals surface area contributed by atoms with Crippen LogP contribution in [0.25, 0.3) is 6.08 Å². The van der Waals surface area contributed by atoms with Gasteiger partial charge in [-0.15, -0.1) is 0 Å². The number of fused-ring (bicyclic) bond motifs is 4. The van der Waals surface area contributed by atoms with Gasteiger partial charge in [0.15, 0.2) is 0 Å². The van der Waals surface area contributed by atoms with Gasteiger partial charge in [0, 0.05) is 24.8 Å². The predicted octanol–water partition coefficient (Wildman–Crippen LogP) is 4.76. The molecule has 1 amide bonds. The molecule has 7 atom stereocenters. The van der Waals surface area contributed by atoms with Crippen LogP contribution >= 0.6 is 0 Å². The average molecular weight is 440 g/mol. The molecule has 2 bridgehead atoms. The second-order valence-corrected chi connectivity index (χ2v) is 10.4. The van der Waals surface area contributed by atoms with E-state index in [0.29, 0.717) is 18.8 Å². The maximum absolute atomic E-state index is 13.0. The highest BCUT2D eigenvalue weighted by Crippen LogP contribution is 2.62. The molecular weight excluding hydrogens is 402 g/mol. The summed E-state index contributed by atoms with van der Waals surface area (Å²) in [5.74, 6) is 0.796. The fraction of sp³-hybridized carbons (Fsp3) is 0.630. The summed E-state index contributed by atoms with van der Waals surface area (Å²) < 4.78 is 13.2. The quantitative estimate of drug-likeness (QED) is 0.513. The minimum Gasteiger partial charge on any atom is -0.456 e. The number of nitrogens with one attached hydrogen (secondary N) is 1. The number of hydrogen-bond acceptors (Lipinski definition) is 4. The second-order valence-electron chi connectivity index (χ2n) is 10.4. The highest BCUT2D eigenvalue weighted by molar-refractivity contribution is 5.87. The summed E-state index contributed by atoms with van der Waals surface area (Å²) in [7, 11) is 0. The third-order valence-corrected chi connectivity index (χ3v) is 8.34. The van der Waals surface area contributed by atoms with Gasteiger partial charge in [-0.3, -0.25) is 4.79 Å². The molecule has 1 saturated carbocycles. The first-order valence-corrected chi connectivity index (χ1v) is 12.1. The van der Waals surface area contributed by atoms with Crippen molar-refractivity contribution >= 4 is 18.0 Å². The molecule has 32 heavy (non-hydrogen) atoms. The minimum atomic E-state index is -0.601. The van der Waals surface area contributed by atoms with Crippen LogP contribution in [0.2, 0.25) is 0 Å². The van der Waals surface area contributed by atoms with E-state index in [0.717, 1.165) is 18.4 Å². The number of esters is 1. The molecule has 1 aliphatic carbocycles. The van der Waals surface area contributed by atoms with Crippen LogP contribution < -0.4 is 5.32 Å². The Labute approximate surface area is 191 Å². The van der Waals surface area contributed by atoms with Crippen molar-refractivity contribution in [2.75, 3.05) is 0 Å². The molecule has 0 aromatic heterocycles.